The van der Waals surface area contributed by atoms with Crippen molar-refractivity contribution in [2.75, 3.05) is 24.5 Å². The van der Waals surface area contributed by atoms with Crippen LogP contribution in [0, 0.1) is 0 Å². The summed E-state index contributed by atoms with van der Waals surface area (Å²) >= 11 is 6.20. The quantitative estimate of drug-likeness (QED) is 0.697. The predicted octanol–water partition coefficient (Wildman–Crippen LogP) is 3.94. The highest BCUT2D eigenvalue weighted by Crippen LogP contribution is 2.41. The van der Waals surface area contributed by atoms with Crippen LogP contribution in [0.2, 0.25) is 5.02 Å². The number of hydrogen-bond acceptors (Lipinski definition) is 4. The molecule has 2 aromatic rings. The fraction of sp³-hybridized carbons (Fsp3) is 0.409. The van der Waals surface area contributed by atoms with Crippen LogP contribution in [0.3, 0.4) is 0 Å². The minimum absolute atomic E-state index is 0. The summed E-state index contributed by atoms with van der Waals surface area (Å²) in [5, 5.41) is 9.87. The first kappa shape index (κ1) is 23.3. The molecule has 0 spiro atoms. The summed E-state index contributed by atoms with van der Waals surface area (Å²) in [6.45, 7) is 1.66. The molecular formula is C22H26Cl2N4O3. The van der Waals surface area contributed by atoms with Crippen LogP contribution in [0.15, 0.2) is 42.5 Å². The first-order valence-electron chi connectivity index (χ1n) is 10.2. The van der Waals surface area contributed by atoms with Crippen LogP contribution in [-0.2, 0) is 5.41 Å². The molecule has 1 aliphatic carbocycles. The van der Waals surface area contributed by atoms with Gasteiger partial charge in [-0.05, 0) is 55.5 Å². The second-order valence-corrected chi connectivity index (χ2v) is 8.48. The third-order valence-corrected chi connectivity index (χ3v) is 6.69. The van der Waals surface area contributed by atoms with Crippen LogP contribution in [0.1, 0.15) is 41.7 Å². The molecule has 2 amide bonds. The molecule has 4 rings (SSSR count). The Morgan fingerprint density at radius 2 is 1.90 bits per heavy atom. The third-order valence-electron chi connectivity index (χ3n) is 6.45. The fourth-order valence-corrected chi connectivity index (χ4v) is 4.88. The number of halogens is 2. The molecule has 3 N–H and O–H groups in total. The molecule has 0 atom stereocenters. The summed E-state index contributed by atoms with van der Waals surface area (Å²) < 4.78 is 0. The molecule has 2 heterocycles. The number of carbonyl (C=O) groups is 2. The lowest BCUT2D eigenvalue weighted by molar-refractivity contribution is 0.0690. The molecule has 2 fully saturated rings. The maximum Gasteiger partial charge on any atom is 0.354 e. The number of amides is 2. The van der Waals surface area contributed by atoms with Crippen LogP contribution < -0.4 is 10.6 Å². The lowest BCUT2D eigenvalue weighted by Crippen LogP contribution is -2.47. The van der Waals surface area contributed by atoms with Crippen molar-refractivity contribution in [1.29, 1.82) is 0 Å². The first-order chi connectivity index (χ1) is 14.4. The number of rotatable bonds is 5. The normalized spacial score (nSPS) is 23.5. The van der Waals surface area contributed by atoms with Crippen LogP contribution in [-0.4, -0.2) is 52.7 Å². The number of carboxylic acids is 1. The van der Waals surface area contributed by atoms with Crippen molar-refractivity contribution in [3.05, 3.63) is 58.7 Å². The lowest BCUT2D eigenvalue weighted by Gasteiger charge is -2.42. The van der Waals surface area contributed by atoms with Gasteiger partial charge in [0.2, 0.25) is 0 Å². The van der Waals surface area contributed by atoms with Gasteiger partial charge < -0.3 is 15.7 Å². The highest BCUT2D eigenvalue weighted by Gasteiger charge is 2.41. The second-order valence-electron chi connectivity index (χ2n) is 8.04. The van der Waals surface area contributed by atoms with E-state index in [0.29, 0.717) is 30.5 Å². The molecule has 9 heteroatoms. The second kappa shape index (κ2) is 9.42. The fourth-order valence-electron chi connectivity index (χ4n) is 4.69. The zero-order valence-corrected chi connectivity index (χ0v) is 18.6. The van der Waals surface area contributed by atoms with Gasteiger partial charge in [0.15, 0.2) is 5.69 Å². The SMILES string of the molecule is Cl.NC[C@]1(c2cccc(Cl)c2)CC[C@H](N2CCN(c3cccc(C(=O)O)n3)C2=O)CC1. The minimum Gasteiger partial charge on any atom is -0.477 e. The van der Waals surface area contributed by atoms with Gasteiger partial charge in [-0.15, -0.1) is 12.4 Å². The molecule has 0 unspecified atom stereocenters. The summed E-state index contributed by atoms with van der Waals surface area (Å²) in [5.74, 6) is -0.722. The summed E-state index contributed by atoms with van der Waals surface area (Å²) in [7, 11) is 0. The van der Waals surface area contributed by atoms with Crippen molar-refractivity contribution >= 4 is 41.8 Å². The molecular weight excluding hydrogens is 439 g/mol. The zero-order valence-electron chi connectivity index (χ0n) is 17.0. The van der Waals surface area contributed by atoms with E-state index >= 15 is 0 Å². The molecule has 2 aliphatic rings. The maximum atomic E-state index is 13.1. The van der Waals surface area contributed by atoms with Crippen molar-refractivity contribution in [2.45, 2.75) is 37.1 Å². The molecule has 0 bridgehead atoms. The van der Waals surface area contributed by atoms with Gasteiger partial charge in [-0.2, -0.15) is 0 Å². The van der Waals surface area contributed by atoms with Crippen molar-refractivity contribution in [3.63, 3.8) is 0 Å². The number of carbonyl (C=O) groups excluding carboxylic acids is 1. The topological polar surface area (TPSA) is 99.8 Å². The Bertz CT molecular complexity index is 963. The molecule has 1 aromatic heterocycles. The predicted molar refractivity (Wildman–Crippen MR) is 122 cm³/mol. The van der Waals surface area contributed by atoms with Crippen LogP contribution in [0.25, 0.3) is 0 Å². The first-order valence-corrected chi connectivity index (χ1v) is 10.6. The average Bonchev–Trinajstić information content (AvgIpc) is 3.15. The number of urea groups is 1. The van der Waals surface area contributed by atoms with Gasteiger partial charge in [0.05, 0.1) is 0 Å². The van der Waals surface area contributed by atoms with Crippen molar-refractivity contribution in [1.82, 2.24) is 9.88 Å². The summed E-state index contributed by atoms with van der Waals surface area (Å²) in [6, 6.07) is 12.7. The minimum atomic E-state index is -1.10. The molecule has 1 aromatic carbocycles. The van der Waals surface area contributed by atoms with Crippen LogP contribution in [0.5, 0.6) is 0 Å². The monoisotopic (exact) mass is 464 g/mol. The molecule has 1 aliphatic heterocycles. The third kappa shape index (κ3) is 4.49. The largest absolute Gasteiger partial charge is 0.477 e. The number of nitrogens with zero attached hydrogens (tertiary/aromatic N) is 3. The van der Waals surface area contributed by atoms with Gasteiger partial charge in [-0.1, -0.05) is 29.8 Å². The Labute approximate surface area is 192 Å². The highest BCUT2D eigenvalue weighted by atomic mass is 35.5. The van der Waals surface area contributed by atoms with Gasteiger partial charge in [-0.3, -0.25) is 4.90 Å². The van der Waals surface area contributed by atoms with E-state index in [1.54, 1.807) is 17.0 Å². The Hall–Kier alpha value is -2.35. The van der Waals surface area contributed by atoms with Gasteiger partial charge in [0.1, 0.15) is 5.82 Å². The molecule has 7 nitrogen and oxygen atoms in total. The van der Waals surface area contributed by atoms with Gasteiger partial charge in [-0.25, -0.2) is 14.6 Å². The Balaban J connectivity index is 0.00000272. The number of nitrogens with two attached hydrogens (primary N) is 1. The van der Waals surface area contributed by atoms with E-state index in [1.165, 1.54) is 11.6 Å². The highest BCUT2D eigenvalue weighted by molar-refractivity contribution is 6.30. The molecule has 31 heavy (non-hydrogen) atoms. The smallest absolute Gasteiger partial charge is 0.354 e. The molecule has 1 saturated heterocycles. The number of aromatic nitrogens is 1. The number of carboxylic acid groups (broad SMARTS) is 1. The molecule has 0 radical (unpaired) electrons. The summed E-state index contributed by atoms with van der Waals surface area (Å²) in [6.07, 6.45) is 3.52. The number of hydrogen-bond donors (Lipinski definition) is 2. The van der Waals surface area contributed by atoms with Crippen molar-refractivity contribution < 1.29 is 14.7 Å². The number of pyridine rings is 1. The van der Waals surface area contributed by atoms with Crippen LogP contribution in [0.4, 0.5) is 10.6 Å². The zero-order chi connectivity index (χ0) is 21.3. The Morgan fingerprint density at radius 1 is 1.19 bits per heavy atom. The van der Waals surface area contributed by atoms with Crippen molar-refractivity contribution in [2.24, 2.45) is 5.73 Å². The van der Waals surface area contributed by atoms with E-state index in [-0.39, 0.29) is 35.6 Å². The van der Waals surface area contributed by atoms with E-state index in [9.17, 15) is 9.59 Å². The summed E-state index contributed by atoms with van der Waals surface area (Å²) in [5.41, 5.74) is 7.19. The molecule has 1 saturated carbocycles. The van der Waals surface area contributed by atoms with E-state index in [4.69, 9.17) is 22.4 Å². The molecule has 166 valence electrons. The number of anilines is 1. The average molecular weight is 465 g/mol. The standard InChI is InChI=1S/C22H25ClN4O3.ClH/c23-16-4-1-3-15(13-16)22(14-24)9-7-17(8-10-22)26-11-12-27(21(26)30)19-6-2-5-18(25-19)20(28)29;/h1-6,13,17H,7-12,14,24H2,(H,28,29);1H/t17-,22-;. The maximum absolute atomic E-state index is 13.1. The summed E-state index contributed by atoms with van der Waals surface area (Å²) in [4.78, 5) is 31.8. The van der Waals surface area contributed by atoms with Crippen molar-refractivity contribution in [3.8, 4) is 0 Å². The van der Waals surface area contributed by atoms with E-state index in [1.807, 2.05) is 23.1 Å². The lowest BCUT2D eigenvalue weighted by atomic mass is 9.68. The van der Waals surface area contributed by atoms with E-state index < -0.39 is 5.97 Å². The van der Waals surface area contributed by atoms with Gasteiger partial charge in [0.25, 0.3) is 0 Å². The number of aromatic carboxylic acids is 1. The van der Waals surface area contributed by atoms with Crippen LogP contribution >= 0.6 is 24.0 Å². The van der Waals surface area contributed by atoms with Gasteiger partial charge >= 0.3 is 12.0 Å². The van der Waals surface area contributed by atoms with Gasteiger partial charge in [0, 0.05) is 36.1 Å². The Morgan fingerprint density at radius 3 is 2.55 bits per heavy atom. The Kier molecular flexibility index (Phi) is 7.09. The number of benzene rings is 1. The van der Waals surface area contributed by atoms with E-state index in [0.717, 1.165) is 25.7 Å². The van der Waals surface area contributed by atoms with E-state index in [2.05, 4.69) is 11.1 Å².